The fourth-order valence-corrected chi connectivity index (χ4v) is 1.73. The van der Waals surface area contributed by atoms with Crippen LogP contribution in [-0.4, -0.2) is 26.4 Å². The molecular weight excluding hydrogens is 260 g/mol. The summed E-state index contributed by atoms with van der Waals surface area (Å²) in [6.45, 7) is 2.05. The van der Waals surface area contributed by atoms with Crippen LogP contribution in [0.4, 0.5) is 0 Å². The lowest BCUT2D eigenvalue weighted by molar-refractivity contribution is 0.102. The minimum absolute atomic E-state index is 0.308. The molecule has 0 N–H and O–H groups in total. The summed E-state index contributed by atoms with van der Waals surface area (Å²) in [6, 6.07) is 5.88. The van der Waals surface area contributed by atoms with Crippen LogP contribution in [0.15, 0.2) is 22.7 Å². The van der Waals surface area contributed by atoms with Crippen molar-refractivity contribution in [2.24, 2.45) is 0 Å². The number of ether oxygens (including phenoxy) is 3. The number of epoxide rings is 1. The lowest BCUT2D eigenvalue weighted by Crippen LogP contribution is -2.02. The van der Waals surface area contributed by atoms with Gasteiger partial charge in [-0.1, -0.05) is 15.9 Å². The molecule has 1 heterocycles. The van der Waals surface area contributed by atoms with Crippen molar-refractivity contribution in [3.63, 3.8) is 0 Å². The summed E-state index contributed by atoms with van der Waals surface area (Å²) in [5.74, 6) is 0.856. The Bertz CT molecular complexity index is 337. The maximum Gasteiger partial charge on any atom is 0.124 e. The molecule has 0 radical (unpaired) electrons. The Morgan fingerprint density at radius 2 is 2.33 bits per heavy atom. The third kappa shape index (κ3) is 3.19. The van der Waals surface area contributed by atoms with Crippen LogP contribution in [-0.2, 0) is 16.1 Å². The zero-order valence-electron chi connectivity index (χ0n) is 8.53. The van der Waals surface area contributed by atoms with E-state index in [4.69, 9.17) is 14.2 Å². The number of benzene rings is 1. The normalized spacial score (nSPS) is 18.9. The van der Waals surface area contributed by atoms with Crippen molar-refractivity contribution < 1.29 is 14.2 Å². The van der Waals surface area contributed by atoms with Crippen LogP contribution in [0.2, 0.25) is 0 Å². The van der Waals surface area contributed by atoms with Gasteiger partial charge >= 0.3 is 0 Å². The molecule has 1 saturated heterocycles. The average molecular weight is 273 g/mol. The summed E-state index contributed by atoms with van der Waals surface area (Å²) in [5.41, 5.74) is 1.05. The van der Waals surface area contributed by atoms with Gasteiger partial charge in [-0.05, 0) is 18.2 Å². The van der Waals surface area contributed by atoms with E-state index in [0.717, 1.165) is 22.4 Å². The Morgan fingerprint density at radius 1 is 1.53 bits per heavy atom. The molecule has 0 aromatic heterocycles. The molecule has 3 nitrogen and oxygen atoms in total. The number of hydrogen-bond acceptors (Lipinski definition) is 3. The van der Waals surface area contributed by atoms with E-state index in [1.54, 1.807) is 7.11 Å². The van der Waals surface area contributed by atoms with Gasteiger partial charge in [-0.15, -0.1) is 0 Å². The molecule has 0 unspecified atom stereocenters. The third-order valence-corrected chi connectivity index (χ3v) is 2.70. The van der Waals surface area contributed by atoms with Crippen molar-refractivity contribution in [1.29, 1.82) is 0 Å². The van der Waals surface area contributed by atoms with E-state index in [-0.39, 0.29) is 0 Å². The second kappa shape index (κ2) is 4.96. The molecule has 1 aromatic rings. The number of methoxy groups -OCH3 is 1. The minimum Gasteiger partial charge on any atom is -0.496 e. The fourth-order valence-electron chi connectivity index (χ4n) is 1.32. The Hall–Kier alpha value is -0.580. The van der Waals surface area contributed by atoms with Crippen LogP contribution >= 0.6 is 15.9 Å². The van der Waals surface area contributed by atoms with Crippen LogP contribution in [0.3, 0.4) is 0 Å². The van der Waals surface area contributed by atoms with Gasteiger partial charge in [-0.25, -0.2) is 0 Å². The van der Waals surface area contributed by atoms with Crippen LogP contribution in [0.25, 0.3) is 0 Å². The van der Waals surface area contributed by atoms with Crippen LogP contribution in [0.1, 0.15) is 5.56 Å². The van der Waals surface area contributed by atoms with Crippen molar-refractivity contribution >= 4 is 15.9 Å². The summed E-state index contributed by atoms with van der Waals surface area (Å²) < 4.78 is 16.8. The van der Waals surface area contributed by atoms with Crippen LogP contribution in [0.5, 0.6) is 5.75 Å². The van der Waals surface area contributed by atoms with E-state index in [0.29, 0.717) is 19.3 Å². The van der Waals surface area contributed by atoms with Gasteiger partial charge < -0.3 is 14.2 Å². The van der Waals surface area contributed by atoms with E-state index in [2.05, 4.69) is 15.9 Å². The third-order valence-electron chi connectivity index (χ3n) is 2.21. The van der Waals surface area contributed by atoms with Crippen molar-refractivity contribution in [2.75, 3.05) is 20.3 Å². The van der Waals surface area contributed by atoms with E-state index in [1.807, 2.05) is 18.2 Å². The first-order valence-corrected chi connectivity index (χ1v) is 5.60. The fraction of sp³-hybridized carbons (Fsp3) is 0.455. The smallest absolute Gasteiger partial charge is 0.124 e. The second-order valence-electron chi connectivity index (χ2n) is 3.43. The lowest BCUT2D eigenvalue weighted by atomic mass is 10.2. The molecule has 1 aliphatic rings. The van der Waals surface area contributed by atoms with Gasteiger partial charge in [-0.3, -0.25) is 0 Å². The first-order chi connectivity index (χ1) is 7.29. The van der Waals surface area contributed by atoms with Crippen molar-refractivity contribution in [3.05, 3.63) is 28.2 Å². The monoisotopic (exact) mass is 272 g/mol. The van der Waals surface area contributed by atoms with Crippen LogP contribution < -0.4 is 4.74 Å². The standard InChI is InChI=1S/C11H13BrO3/c1-13-11-3-2-9(12)4-8(11)5-14-6-10-7-15-10/h2-4,10H,5-7H2,1H3/t10-/m1/s1. The molecule has 0 bridgehead atoms. The highest BCUT2D eigenvalue weighted by atomic mass is 79.9. The van der Waals surface area contributed by atoms with Crippen molar-refractivity contribution in [3.8, 4) is 5.75 Å². The summed E-state index contributed by atoms with van der Waals surface area (Å²) in [7, 11) is 1.66. The van der Waals surface area contributed by atoms with Gasteiger partial charge in [0, 0.05) is 10.0 Å². The Kier molecular flexibility index (Phi) is 3.61. The molecule has 0 amide bonds. The van der Waals surface area contributed by atoms with Crippen molar-refractivity contribution in [2.45, 2.75) is 12.7 Å². The molecule has 1 fully saturated rings. The Labute approximate surface area is 97.5 Å². The highest BCUT2D eigenvalue weighted by Crippen LogP contribution is 2.24. The van der Waals surface area contributed by atoms with E-state index >= 15 is 0 Å². The van der Waals surface area contributed by atoms with Gasteiger partial charge in [-0.2, -0.15) is 0 Å². The van der Waals surface area contributed by atoms with E-state index < -0.39 is 0 Å². The molecule has 1 atom stereocenters. The maximum absolute atomic E-state index is 5.52. The van der Waals surface area contributed by atoms with Crippen molar-refractivity contribution in [1.82, 2.24) is 0 Å². The lowest BCUT2D eigenvalue weighted by Gasteiger charge is -2.08. The first-order valence-electron chi connectivity index (χ1n) is 4.81. The van der Waals surface area contributed by atoms with E-state index in [1.165, 1.54) is 0 Å². The maximum atomic E-state index is 5.52. The molecule has 82 valence electrons. The summed E-state index contributed by atoms with van der Waals surface area (Å²) >= 11 is 3.42. The molecule has 0 spiro atoms. The van der Waals surface area contributed by atoms with Gasteiger partial charge in [0.05, 0.1) is 26.9 Å². The molecule has 1 aromatic carbocycles. The van der Waals surface area contributed by atoms with E-state index in [9.17, 15) is 0 Å². The number of halogens is 1. The molecule has 2 rings (SSSR count). The average Bonchev–Trinajstić information content (AvgIpc) is 3.02. The zero-order valence-corrected chi connectivity index (χ0v) is 10.1. The molecule has 4 heteroatoms. The minimum atomic E-state index is 0.308. The van der Waals surface area contributed by atoms with Gasteiger partial charge in [0.1, 0.15) is 11.9 Å². The molecule has 15 heavy (non-hydrogen) atoms. The number of rotatable bonds is 5. The molecular formula is C11H13BrO3. The van der Waals surface area contributed by atoms with Gasteiger partial charge in [0.2, 0.25) is 0 Å². The second-order valence-corrected chi connectivity index (χ2v) is 4.34. The van der Waals surface area contributed by atoms with Crippen LogP contribution in [0, 0.1) is 0 Å². The highest BCUT2D eigenvalue weighted by molar-refractivity contribution is 9.10. The summed E-state index contributed by atoms with van der Waals surface area (Å²) in [6.07, 6.45) is 0.308. The molecule has 0 aliphatic carbocycles. The molecule has 1 aliphatic heterocycles. The molecule has 0 saturated carbocycles. The predicted molar refractivity (Wildman–Crippen MR) is 60.1 cm³/mol. The summed E-state index contributed by atoms with van der Waals surface area (Å²) in [5, 5.41) is 0. The predicted octanol–water partition coefficient (Wildman–Crippen LogP) is 2.37. The quantitative estimate of drug-likeness (QED) is 0.772. The summed E-state index contributed by atoms with van der Waals surface area (Å²) in [4.78, 5) is 0. The largest absolute Gasteiger partial charge is 0.496 e. The topological polar surface area (TPSA) is 31.0 Å². The van der Waals surface area contributed by atoms with Gasteiger partial charge in [0.15, 0.2) is 0 Å². The Balaban J connectivity index is 1.94. The number of hydrogen-bond donors (Lipinski definition) is 0. The SMILES string of the molecule is COc1ccc(Br)cc1COC[C@@H]1CO1. The Morgan fingerprint density at radius 3 is 3.00 bits per heavy atom. The highest BCUT2D eigenvalue weighted by Gasteiger charge is 2.22. The zero-order chi connectivity index (χ0) is 10.7. The van der Waals surface area contributed by atoms with Gasteiger partial charge in [0.25, 0.3) is 0 Å². The first kappa shape index (κ1) is 10.9.